The molecule has 0 bridgehead atoms. The average molecular weight is 454 g/mol. The van der Waals surface area contributed by atoms with Gasteiger partial charge in [-0.3, -0.25) is 9.59 Å². The number of amides is 1. The molecule has 0 N–H and O–H groups in total. The zero-order valence-electron chi connectivity index (χ0n) is 18.9. The second kappa shape index (κ2) is 9.08. The van der Waals surface area contributed by atoms with Crippen molar-refractivity contribution < 1.29 is 13.9 Å². The average Bonchev–Trinajstić information content (AvgIpc) is 3.04. The Hall–Kier alpha value is -2.63. The standard InChI is InChI=1S/C26H28ClNO4/c1-15(2)17-6-8-18(9-7-17)23-22-24(29)20-14-19(27)10-11-21(20)32-25(22)26(30)28(23)12-5-13-31-16(3)4/h6-11,14-16,23H,5,12-13H2,1-4H3/t23-/m0/s1. The van der Waals surface area contributed by atoms with Gasteiger partial charge >= 0.3 is 0 Å². The summed E-state index contributed by atoms with van der Waals surface area (Å²) in [5.74, 6) is 0.242. The highest BCUT2D eigenvalue weighted by Gasteiger charge is 2.42. The molecule has 6 heteroatoms. The molecular weight excluding hydrogens is 426 g/mol. The molecule has 168 valence electrons. The van der Waals surface area contributed by atoms with Gasteiger partial charge in [0, 0.05) is 18.2 Å². The number of hydrogen-bond donors (Lipinski definition) is 0. The lowest BCUT2D eigenvalue weighted by Crippen LogP contribution is -2.31. The van der Waals surface area contributed by atoms with E-state index < -0.39 is 6.04 Å². The van der Waals surface area contributed by atoms with Crippen molar-refractivity contribution in [2.75, 3.05) is 13.2 Å². The van der Waals surface area contributed by atoms with Gasteiger partial charge in [0.2, 0.25) is 5.76 Å². The van der Waals surface area contributed by atoms with Crippen molar-refractivity contribution in [2.45, 2.75) is 52.2 Å². The number of hydrogen-bond acceptors (Lipinski definition) is 4. The molecule has 2 aromatic carbocycles. The second-order valence-electron chi connectivity index (χ2n) is 8.81. The van der Waals surface area contributed by atoms with E-state index in [0.29, 0.717) is 47.0 Å². The van der Waals surface area contributed by atoms with Crippen LogP contribution < -0.4 is 5.43 Å². The van der Waals surface area contributed by atoms with Crippen LogP contribution in [0.5, 0.6) is 0 Å². The first-order valence-corrected chi connectivity index (χ1v) is 11.4. The van der Waals surface area contributed by atoms with Gasteiger partial charge in [0.15, 0.2) is 5.43 Å². The molecule has 0 spiro atoms. The fourth-order valence-corrected chi connectivity index (χ4v) is 4.36. The Kier molecular flexibility index (Phi) is 6.40. The molecular formula is C26H28ClNO4. The predicted octanol–water partition coefficient (Wildman–Crippen LogP) is 5.93. The first-order chi connectivity index (χ1) is 15.3. The van der Waals surface area contributed by atoms with Crippen LogP contribution in [-0.2, 0) is 4.74 Å². The quantitative estimate of drug-likeness (QED) is 0.416. The molecule has 5 nitrogen and oxygen atoms in total. The summed E-state index contributed by atoms with van der Waals surface area (Å²) in [7, 11) is 0. The zero-order chi connectivity index (χ0) is 23.0. The number of benzene rings is 2. The predicted molar refractivity (Wildman–Crippen MR) is 127 cm³/mol. The van der Waals surface area contributed by atoms with E-state index in [1.807, 2.05) is 26.0 Å². The van der Waals surface area contributed by atoms with Gasteiger partial charge < -0.3 is 14.1 Å². The number of carbonyl (C=O) groups excluding carboxylic acids is 1. The minimum atomic E-state index is -0.502. The van der Waals surface area contributed by atoms with Gasteiger partial charge in [0.05, 0.1) is 23.1 Å². The molecule has 1 amide bonds. The Morgan fingerprint density at radius 3 is 2.44 bits per heavy atom. The van der Waals surface area contributed by atoms with Crippen molar-refractivity contribution in [3.8, 4) is 0 Å². The van der Waals surface area contributed by atoms with Crippen LogP contribution in [0, 0.1) is 0 Å². The lowest BCUT2D eigenvalue weighted by molar-refractivity contribution is 0.0593. The third kappa shape index (κ3) is 4.19. The molecule has 0 saturated heterocycles. The normalized spacial score (nSPS) is 15.9. The zero-order valence-corrected chi connectivity index (χ0v) is 19.6. The minimum Gasteiger partial charge on any atom is -0.450 e. The Morgan fingerprint density at radius 2 is 1.78 bits per heavy atom. The molecule has 0 aliphatic carbocycles. The van der Waals surface area contributed by atoms with E-state index in [9.17, 15) is 9.59 Å². The summed E-state index contributed by atoms with van der Waals surface area (Å²) in [5.41, 5.74) is 2.63. The lowest BCUT2D eigenvalue weighted by Gasteiger charge is -2.25. The first kappa shape index (κ1) is 22.6. The van der Waals surface area contributed by atoms with Crippen LogP contribution in [0.2, 0.25) is 5.02 Å². The van der Waals surface area contributed by atoms with E-state index >= 15 is 0 Å². The van der Waals surface area contributed by atoms with E-state index in [4.69, 9.17) is 20.8 Å². The van der Waals surface area contributed by atoms with Gasteiger partial charge in [-0.15, -0.1) is 0 Å². The summed E-state index contributed by atoms with van der Waals surface area (Å²) >= 11 is 6.14. The highest BCUT2D eigenvalue weighted by Crippen LogP contribution is 2.38. The third-order valence-electron chi connectivity index (χ3n) is 5.84. The summed E-state index contributed by atoms with van der Waals surface area (Å²) in [4.78, 5) is 28.6. The number of carbonyl (C=O) groups is 1. The van der Waals surface area contributed by atoms with Crippen molar-refractivity contribution in [3.05, 3.63) is 80.2 Å². The molecule has 1 aromatic heterocycles. The molecule has 2 heterocycles. The molecule has 0 unspecified atom stereocenters. The molecule has 32 heavy (non-hydrogen) atoms. The van der Waals surface area contributed by atoms with Crippen molar-refractivity contribution in [3.63, 3.8) is 0 Å². The molecule has 1 aliphatic rings. The highest BCUT2D eigenvalue weighted by atomic mass is 35.5. The van der Waals surface area contributed by atoms with E-state index in [2.05, 4.69) is 26.0 Å². The summed E-state index contributed by atoms with van der Waals surface area (Å²) in [6, 6.07) is 12.5. The summed E-state index contributed by atoms with van der Waals surface area (Å²) < 4.78 is 11.6. The third-order valence-corrected chi connectivity index (χ3v) is 6.08. The number of fused-ring (bicyclic) bond motifs is 2. The van der Waals surface area contributed by atoms with Crippen molar-refractivity contribution >= 4 is 28.5 Å². The molecule has 0 saturated carbocycles. The van der Waals surface area contributed by atoms with E-state index in [0.717, 1.165) is 5.56 Å². The van der Waals surface area contributed by atoms with Crippen LogP contribution in [0.15, 0.2) is 51.7 Å². The molecule has 1 atom stereocenters. The van der Waals surface area contributed by atoms with E-state index in [1.165, 1.54) is 5.56 Å². The van der Waals surface area contributed by atoms with E-state index in [1.54, 1.807) is 23.1 Å². The van der Waals surface area contributed by atoms with Crippen LogP contribution in [0.3, 0.4) is 0 Å². The number of nitrogens with zero attached hydrogens (tertiary/aromatic N) is 1. The first-order valence-electron chi connectivity index (χ1n) is 11.1. The van der Waals surface area contributed by atoms with Crippen molar-refractivity contribution in [2.24, 2.45) is 0 Å². The maximum absolute atomic E-state index is 13.5. The monoisotopic (exact) mass is 453 g/mol. The van der Waals surface area contributed by atoms with Gasteiger partial charge in [0.1, 0.15) is 5.58 Å². The summed E-state index contributed by atoms with van der Waals surface area (Å²) in [6.07, 6.45) is 0.789. The van der Waals surface area contributed by atoms with Gasteiger partial charge in [-0.2, -0.15) is 0 Å². The molecule has 0 radical (unpaired) electrons. The Morgan fingerprint density at radius 1 is 1.06 bits per heavy atom. The Balaban J connectivity index is 1.80. The maximum Gasteiger partial charge on any atom is 0.290 e. The van der Waals surface area contributed by atoms with E-state index in [-0.39, 0.29) is 23.2 Å². The Labute approximate surface area is 192 Å². The van der Waals surface area contributed by atoms with Crippen LogP contribution in [-0.4, -0.2) is 30.1 Å². The summed E-state index contributed by atoms with van der Waals surface area (Å²) in [6.45, 7) is 9.23. The van der Waals surface area contributed by atoms with Gasteiger partial charge in [0.25, 0.3) is 5.91 Å². The number of ether oxygens (including phenoxy) is 1. The van der Waals surface area contributed by atoms with Crippen LogP contribution in [0.1, 0.15) is 73.3 Å². The van der Waals surface area contributed by atoms with Crippen molar-refractivity contribution in [1.82, 2.24) is 4.90 Å². The lowest BCUT2D eigenvalue weighted by atomic mass is 9.95. The minimum absolute atomic E-state index is 0.118. The molecule has 4 rings (SSSR count). The fraction of sp³-hybridized carbons (Fsp3) is 0.385. The number of rotatable bonds is 7. The fourth-order valence-electron chi connectivity index (χ4n) is 4.19. The largest absolute Gasteiger partial charge is 0.450 e. The highest BCUT2D eigenvalue weighted by molar-refractivity contribution is 6.31. The molecule has 0 fully saturated rings. The van der Waals surface area contributed by atoms with Gasteiger partial charge in [-0.25, -0.2) is 0 Å². The van der Waals surface area contributed by atoms with Crippen LogP contribution in [0.4, 0.5) is 0 Å². The van der Waals surface area contributed by atoms with Crippen LogP contribution >= 0.6 is 11.6 Å². The second-order valence-corrected chi connectivity index (χ2v) is 9.25. The molecule has 1 aliphatic heterocycles. The SMILES string of the molecule is CC(C)OCCCN1C(=O)c2oc3ccc(Cl)cc3c(=O)c2[C@@H]1c1ccc(C(C)C)cc1. The van der Waals surface area contributed by atoms with Gasteiger partial charge in [-0.1, -0.05) is 49.7 Å². The van der Waals surface area contributed by atoms with Crippen molar-refractivity contribution in [1.29, 1.82) is 0 Å². The van der Waals surface area contributed by atoms with Crippen LogP contribution in [0.25, 0.3) is 11.0 Å². The summed E-state index contributed by atoms with van der Waals surface area (Å²) in [5, 5.41) is 0.840. The molecule has 3 aromatic rings. The van der Waals surface area contributed by atoms with Gasteiger partial charge in [-0.05, 0) is 55.5 Å². The maximum atomic E-state index is 13.5. The smallest absolute Gasteiger partial charge is 0.290 e. The topological polar surface area (TPSA) is 59.8 Å². The number of halogens is 1. The Bertz CT molecular complexity index is 1200.